The highest BCUT2D eigenvalue weighted by Gasteiger charge is 2.13. The van der Waals surface area contributed by atoms with E-state index in [9.17, 15) is 4.39 Å². The molecule has 4 heteroatoms. The van der Waals surface area contributed by atoms with Crippen LogP contribution in [0.25, 0.3) is 0 Å². The lowest BCUT2D eigenvalue weighted by molar-refractivity contribution is 0.582. The first kappa shape index (κ1) is 15.5. The van der Waals surface area contributed by atoms with Crippen LogP contribution < -0.4 is 5.32 Å². The molecule has 0 spiro atoms. The average Bonchev–Trinajstić information content (AvgIpc) is 2.38. The molecule has 0 radical (unpaired) electrons. The molecule has 1 N–H and O–H groups in total. The van der Waals surface area contributed by atoms with Crippen molar-refractivity contribution in [1.82, 2.24) is 5.32 Å². The van der Waals surface area contributed by atoms with Gasteiger partial charge in [-0.25, -0.2) is 4.39 Å². The fourth-order valence-electron chi connectivity index (χ4n) is 2.27. The van der Waals surface area contributed by atoms with Crippen LogP contribution in [0, 0.1) is 12.7 Å². The Kier molecular flexibility index (Phi) is 5.19. The van der Waals surface area contributed by atoms with Gasteiger partial charge in [-0.3, -0.25) is 0 Å². The maximum Gasteiger partial charge on any atom is 0.123 e. The van der Waals surface area contributed by atoms with Crippen LogP contribution in [-0.4, -0.2) is 7.05 Å². The summed E-state index contributed by atoms with van der Waals surface area (Å²) >= 11 is 9.58. The largest absolute Gasteiger partial charge is 0.313 e. The number of hydrogen-bond acceptors (Lipinski definition) is 1. The number of aryl methyl sites for hydroxylation is 1. The fourth-order valence-corrected chi connectivity index (χ4v) is 2.98. The van der Waals surface area contributed by atoms with Gasteiger partial charge in [0.05, 0.1) is 0 Å². The van der Waals surface area contributed by atoms with Crippen molar-refractivity contribution in [3.05, 3.63) is 68.4 Å². The molecule has 0 amide bonds. The molecule has 0 heterocycles. The Morgan fingerprint density at radius 3 is 2.65 bits per heavy atom. The second kappa shape index (κ2) is 6.70. The summed E-state index contributed by atoms with van der Waals surface area (Å²) in [6.45, 7) is 2.01. The normalized spacial score (nSPS) is 12.4. The second-order valence-electron chi connectivity index (χ2n) is 4.84. The van der Waals surface area contributed by atoms with Crippen molar-refractivity contribution in [2.75, 3.05) is 7.05 Å². The highest BCUT2D eigenvalue weighted by atomic mass is 79.9. The van der Waals surface area contributed by atoms with Crippen molar-refractivity contribution >= 4 is 27.5 Å². The first-order valence-corrected chi connectivity index (χ1v) is 7.55. The van der Waals surface area contributed by atoms with E-state index in [4.69, 9.17) is 11.6 Å². The van der Waals surface area contributed by atoms with Gasteiger partial charge in [0, 0.05) is 15.5 Å². The third-order valence-corrected chi connectivity index (χ3v) is 4.24. The van der Waals surface area contributed by atoms with Crippen LogP contribution in [0.15, 0.2) is 40.9 Å². The molecule has 1 atom stereocenters. The van der Waals surface area contributed by atoms with Gasteiger partial charge in [-0.15, -0.1) is 0 Å². The van der Waals surface area contributed by atoms with Gasteiger partial charge in [0.1, 0.15) is 5.82 Å². The third kappa shape index (κ3) is 3.81. The quantitative estimate of drug-likeness (QED) is 0.808. The predicted octanol–water partition coefficient (Wildman–Crippen LogP) is 5.05. The molecule has 1 nitrogen and oxygen atoms in total. The van der Waals surface area contributed by atoms with E-state index in [1.165, 1.54) is 6.07 Å². The maximum absolute atomic E-state index is 13.4. The maximum atomic E-state index is 13.4. The first-order valence-electron chi connectivity index (χ1n) is 6.38. The lowest BCUT2D eigenvalue weighted by atomic mass is 9.97. The van der Waals surface area contributed by atoms with E-state index in [2.05, 4.69) is 27.3 Å². The molecule has 20 heavy (non-hydrogen) atoms. The molecule has 0 aliphatic carbocycles. The van der Waals surface area contributed by atoms with Crippen LogP contribution >= 0.6 is 27.5 Å². The number of nitrogens with one attached hydrogen (secondary N) is 1. The van der Waals surface area contributed by atoms with Crippen LogP contribution in [0.4, 0.5) is 4.39 Å². The molecule has 1 unspecified atom stereocenters. The van der Waals surface area contributed by atoms with Crippen molar-refractivity contribution in [2.24, 2.45) is 0 Å². The van der Waals surface area contributed by atoms with E-state index < -0.39 is 0 Å². The first-order chi connectivity index (χ1) is 9.49. The van der Waals surface area contributed by atoms with Gasteiger partial charge in [0.25, 0.3) is 0 Å². The van der Waals surface area contributed by atoms with Crippen LogP contribution in [0.3, 0.4) is 0 Å². The highest BCUT2D eigenvalue weighted by Crippen LogP contribution is 2.26. The summed E-state index contributed by atoms with van der Waals surface area (Å²) in [5, 5.41) is 3.99. The molecule has 106 valence electrons. The Morgan fingerprint density at radius 1 is 1.25 bits per heavy atom. The van der Waals surface area contributed by atoms with Crippen molar-refractivity contribution in [1.29, 1.82) is 0 Å². The molecule has 0 fully saturated rings. The van der Waals surface area contributed by atoms with Gasteiger partial charge in [-0.05, 0) is 67.4 Å². The fraction of sp³-hybridized carbons (Fsp3) is 0.250. The Bertz CT molecular complexity index is 595. The van der Waals surface area contributed by atoms with Gasteiger partial charge in [0.15, 0.2) is 0 Å². The van der Waals surface area contributed by atoms with Crippen molar-refractivity contribution in [3.63, 3.8) is 0 Å². The molecular formula is C16H16BrClFN. The molecule has 0 aromatic heterocycles. The average molecular weight is 357 g/mol. The summed E-state index contributed by atoms with van der Waals surface area (Å²) in [5.74, 6) is -0.222. The summed E-state index contributed by atoms with van der Waals surface area (Å²) in [5.41, 5.74) is 3.15. The molecule has 2 aromatic carbocycles. The zero-order valence-electron chi connectivity index (χ0n) is 11.4. The second-order valence-corrected chi connectivity index (χ2v) is 6.13. The summed E-state index contributed by atoms with van der Waals surface area (Å²) in [6, 6.07) is 10.8. The van der Waals surface area contributed by atoms with Crippen LogP contribution in [0.2, 0.25) is 5.02 Å². The minimum Gasteiger partial charge on any atom is -0.313 e. The monoisotopic (exact) mass is 355 g/mol. The standard InChI is InChI=1S/C16H16BrClFN/c1-10-5-12(7-13(18)6-10)16(20-2)9-11-8-14(19)3-4-15(11)17/h3-8,16,20H,9H2,1-2H3. The number of halogens is 3. The molecule has 2 aromatic rings. The lowest BCUT2D eigenvalue weighted by Gasteiger charge is -2.18. The summed E-state index contributed by atoms with van der Waals surface area (Å²) in [7, 11) is 1.90. The van der Waals surface area contributed by atoms with Crippen molar-refractivity contribution in [3.8, 4) is 0 Å². The molecule has 0 bridgehead atoms. The Labute approximate surface area is 132 Å². The number of benzene rings is 2. The van der Waals surface area contributed by atoms with Gasteiger partial charge in [0.2, 0.25) is 0 Å². The Morgan fingerprint density at radius 2 is 2.00 bits per heavy atom. The van der Waals surface area contributed by atoms with E-state index in [0.29, 0.717) is 6.42 Å². The number of rotatable bonds is 4. The van der Waals surface area contributed by atoms with Crippen molar-refractivity contribution < 1.29 is 4.39 Å². The number of hydrogen-bond donors (Lipinski definition) is 1. The Balaban J connectivity index is 2.30. The summed E-state index contributed by atoms with van der Waals surface area (Å²) in [4.78, 5) is 0. The molecular weight excluding hydrogens is 341 g/mol. The van der Waals surface area contributed by atoms with Gasteiger partial charge < -0.3 is 5.32 Å². The topological polar surface area (TPSA) is 12.0 Å². The van der Waals surface area contributed by atoms with Gasteiger partial charge >= 0.3 is 0 Å². The predicted molar refractivity (Wildman–Crippen MR) is 85.8 cm³/mol. The van der Waals surface area contributed by atoms with Crippen LogP contribution in [0.5, 0.6) is 0 Å². The van der Waals surface area contributed by atoms with Crippen LogP contribution in [0.1, 0.15) is 22.7 Å². The zero-order valence-corrected chi connectivity index (χ0v) is 13.7. The summed E-state index contributed by atoms with van der Waals surface area (Å²) < 4.78 is 14.3. The SMILES string of the molecule is CNC(Cc1cc(F)ccc1Br)c1cc(C)cc(Cl)c1. The minimum absolute atomic E-state index is 0.0884. The van der Waals surface area contributed by atoms with Gasteiger partial charge in [-0.2, -0.15) is 0 Å². The third-order valence-electron chi connectivity index (χ3n) is 3.25. The minimum atomic E-state index is -0.222. The van der Waals surface area contributed by atoms with Crippen LogP contribution in [-0.2, 0) is 6.42 Å². The van der Waals surface area contributed by atoms with E-state index >= 15 is 0 Å². The smallest absolute Gasteiger partial charge is 0.123 e. The summed E-state index contributed by atoms with van der Waals surface area (Å²) in [6.07, 6.45) is 0.689. The zero-order chi connectivity index (χ0) is 14.7. The van der Waals surface area contributed by atoms with E-state index in [1.807, 2.05) is 26.1 Å². The molecule has 0 aliphatic heterocycles. The molecule has 2 rings (SSSR count). The lowest BCUT2D eigenvalue weighted by Crippen LogP contribution is -2.19. The van der Waals surface area contributed by atoms with E-state index in [-0.39, 0.29) is 11.9 Å². The molecule has 0 saturated carbocycles. The number of likely N-dealkylation sites (N-methyl/N-ethyl adjacent to an activating group) is 1. The van der Waals surface area contributed by atoms with Crippen molar-refractivity contribution in [2.45, 2.75) is 19.4 Å². The molecule has 0 saturated heterocycles. The Hall–Kier alpha value is -0.900. The molecule has 0 aliphatic rings. The van der Waals surface area contributed by atoms with E-state index in [1.54, 1.807) is 12.1 Å². The van der Waals surface area contributed by atoms with E-state index in [0.717, 1.165) is 26.2 Å². The highest BCUT2D eigenvalue weighted by molar-refractivity contribution is 9.10. The van der Waals surface area contributed by atoms with Gasteiger partial charge in [-0.1, -0.05) is 33.6 Å².